The van der Waals surface area contributed by atoms with Crippen LogP contribution in [0.3, 0.4) is 0 Å². The number of rotatable bonds is 5. The van der Waals surface area contributed by atoms with E-state index in [1.807, 2.05) is 29.2 Å². The molecule has 0 saturated carbocycles. The topological polar surface area (TPSA) is 48.0 Å². The second kappa shape index (κ2) is 7.88. The van der Waals surface area contributed by atoms with E-state index in [0.717, 1.165) is 37.1 Å². The van der Waals surface area contributed by atoms with Crippen molar-refractivity contribution in [3.8, 4) is 5.75 Å². The Balaban J connectivity index is 2.08. The van der Waals surface area contributed by atoms with Crippen LogP contribution >= 0.6 is 0 Å². The Kier molecular flexibility index (Phi) is 5.87. The van der Waals surface area contributed by atoms with Gasteiger partial charge in [-0.3, -0.25) is 0 Å². The van der Waals surface area contributed by atoms with E-state index in [1.165, 1.54) is 0 Å². The molecule has 0 unspecified atom stereocenters. The number of piperidine rings is 1. The molecule has 0 spiro atoms. The fraction of sp³-hybridized carbons (Fsp3) is 0.562. The highest BCUT2D eigenvalue weighted by atomic mass is 16.6. The Bertz CT molecular complexity index is 463. The second-order valence-corrected chi connectivity index (χ2v) is 5.09. The molecule has 1 aliphatic heterocycles. The van der Waals surface area contributed by atoms with Crippen LogP contribution in [0.15, 0.2) is 24.3 Å². The zero-order valence-electron chi connectivity index (χ0n) is 12.7. The fourth-order valence-corrected chi connectivity index (χ4v) is 2.64. The number of carbonyl (C=O) groups is 1. The van der Waals surface area contributed by atoms with Crippen molar-refractivity contribution in [2.45, 2.75) is 25.3 Å². The molecule has 116 valence electrons. The molecule has 1 aromatic rings. The molecule has 1 saturated heterocycles. The van der Waals surface area contributed by atoms with Gasteiger partial charge in [0.1, 0.15) is 12.4 Å². The summed E-state index contributed by atoms with van der Waals surface area (Å²) in [5.41, 5.74) is 1.10. The lowest BCUT2D eigenvalue weighted by Crippen LogP contribution is -2.39. The van der Waals surface area contributed by atoms with Crippen LogP contribution in [0.5, 0.6) is 5.75 Å². The molecule has 5 heteroatoms. The van der Waals surface area contributed by atoms with Gasteiger partial charge in [0, 0.05) is 13.7 Å². The van der Waals surface area contributed by atoms with E-state index in [-0.39, 0.29) is 18.7 Å². The molecule has 1 fully saturated rings. The van der Waals surface area contributed by atoms with E-state index in [2.05, 4.69) is 0 Å². The third kappa shape index (κ3) is 4.11. The van der Waals surface area contributed by atoms with Crippen molar-refractivity contribution in [1.29, 1.82) is 0 Å². The summed E-state index contributed by atoms with van der Waals surface area (Å²) in [6, 6.07) is 7.95. The van der Waals surface area contributed by atoms with Crippen molar-refractivity contribution in [3.63, 3.8) is 0 Å². The largest absolute Gasteiger partial charge is 0.497 e. The Morgan fingerprint density at radius 1 is 1.29 bits per heavy atom. The summed E-state index contributed by atoms with van der Waals surface area (Å²) in [5.74, 6) is 0.811. The van der Waals surface area contributed by atoms with E-state index in [0.29, 0.717) is 6.61 Å². The minimum atomic E-state index is -0.264. The van der Waals surface area contributed by atoms with Gasteiger partial charge in [-0.2, -0.15) is 0 Å². The van der Waals surface area contributed by atoms with E-state index in [1.54, 1.807) is 14.2 Å². The van der Waals surface area contributed by atoms with Crippen molar-refractivity contribution < 1.29 is 19.0 Å². The van der Waals surface area contributed by atoms with E-state index in [9.17, 15) is 4.79 Å². The number of amides is 1. The van der Waals surface area contributed by atoms with Crippen molar-refractivity contribution in [2.24, 2.45) is 0 Å². The van der Waals surface area contributed by atoms with Gasteiger partial charge in [0.15, 0.2) is 0 Å². The molecule has 0 aliphatic carbocycles. The maximum Gasteiger partial charge on any atom is 0.410 e. The SMILES string of the molecule is COCCOC(=O)N1CCCC[C@H]1c1cccc(OC)c1. The Morgan fingerprint density at radius 3 is 2.90 bits per heavy atom. The molecule has 0 N–H and O–H groups in total. The lowest BCUT2D eigenvalue weighted by atomic mass is 9.95. The number of benzene rings is 1. The lowest BCUT2D eigenvalue weighted by Gasteiger charge is -2.35. The highest BCUT2D eigenvalue weighted by Crippen LogP contribution is 2.32. The monoisotopic (exact) mass is 293 g/mol. The van der Waals surface area contributed by atoms with Crippen molar-refractivity contribution in [3.05, 3.63) is 29.8 Å². The lowest BCUT2D eigenvalue weighted by molar-refractivity contribution is 0.0522. The van der Waals surface area contributed by atoms with Crippen LogP contribution in [-0.2, 0) is 9.47 Å². The third-order valence-corrected chi connectivity index (χ3v) is 3.73. The molecule has 2 rings (SSSR count). The summed E-state index contributed by atoms with van der Waals surface area (Å²) >= 11 is 0. The summed E-state index contributed by atoms with van der Waals surface area (Å²) in [7, 11) is 3.24. The molecular formula is C16H23NO4. The van der Waals surface area contributed by atoms with Crippen molar-refractivity contribution >= 4 is 6.09 Å². The number of nitrogens with zero attached hydrogens (tertiary/aromatic N) is 1. The van der Waals surface area contributed by atoms with E-state index >= 15 is 0 Å². The molecule has 1 aliphatic rings. The summed E-state index contributed by atoms with van der Waals surface area (Å²) < 4.78 is 15.4. The van der Waals surface area contributed by atoms with Gasteiger partial charge >= 0.3 is 6.09 Å². The molecule has 1 aromatic carbocycles. The van der Waals surface area contributed by atoms with Crippen LogP contribution < -0.4 is 4.74 Å². The fourth-order valence-electron chi connectivity index (χ4n) is 2.64. The summed E-state index contributed by atoms with van der Waals surface area (Å²) in [5, 5.41) is 0. The summed E-state index contributed by atoms with van der Waals surface area (Å²) in [6.07, 6.45) is 2.82. The quantitative estimate of drug-likeness (QED) is 0.783. The van der Waals surface area contributed by atoms with Crippen LogP contribution in [0.1, 0.15) is 30.9 Å². The first-order chi connectivity index (χ1) is 10.3. The zero-order chi connectivity index (χ0) is 15.1. The predicted molar refractivity (Wildman–Crippen MR) is 79.5 cm³/mol. The van der Waals surface area contributed by atoms with Gasteiger partial charge in [-0.15, -0.1) is 0 Å². The Morgan fingerprint density at radius 2 is 2.14 bits per heavy atom. The molecular weight excluding hydrogens is 270 g/mol. The van der Waals surface area contributed by atoms with Crippen LogP contribution in [0.4, 0.5) is 4.79 Å². The molecule has 5 nitrogen and oxygen atoms in total. The van der Waals surface area contributed by atoms with Gasteiger partial charge in [0.25, 0.3) is 0 Å². The number of carbonyl (C=O) groups excluding carboxylic acids is 1. The molecule has 21 heavy (non-hydrogen) atoms. The van der Waals surface area contributed by atoms with Crippen LogP contribution in [0.25, 0.3) is 0 Å². The van der Waals surface area contributed by atoms with E-state index < -0.39 is 0 Å². The van der Waals surface area contributed by atoms with Gasteiger partial charge in [0.05, 0.1) is 19.8 Å². The van der Waals surface area contributed by atoms with Gasteiger partial charge in [0.2, 0.25) is 0 Å². The summed E-state index contributed by atoms with van der Waals surface area (Å²) in [4.78, 5) is 14.0. The molecule has 0 bridgehead atoms. The standard InChI is InChI=1S/C16H23NO4/c1-19-10-11-21-16(18)17-9-4-3-8-15(17)13-6-5-7-14(12-13)20-2/h5-7,12,15H,3-4,8-11H2,1-2H3/t15-/m0/s1. The van der Waals surface area contributed by atoms with Crippen LogP contribution in [0.2, 0.25) is 0 Å². The zero-order valence-corrected chi connectivity index (χ0v) is 12.7. The smallest absolute Gasteiger partial charge is 0.410 e. The number of hydrogen-bond donors (Lipinski definition) is 0. The second-order valence-electron chi connectivity index (χ2n) is 5.09. The first-order valence-corrected chi connectivity index (χ1v) is 7.32. The molecule has 1 amide bonds. The predicted octanol–water partition coefficient (Wildman–Crippen LogP) is 3.01. The van der Waals surface area contributed by atoms with Crippen molar-refractivity contribution in [1.82, 2.24) is 4.90 Å². The van der Waals surface area contributed by atoms with Gasteiger partial charge < -0.3 is 19.1 Å². The molecule has 0 radical (unpaired) electrons. The van der Waals surface area contributed by atoms with Crippen molar-refractivity contribution in [2.75, 3.05) is 34.0 Å². The van der Waals surface area contributed by atoms with Crippen LogP contribution in [0, 0.1) is 0 Å². The molecule has 0 aromatic heterocycles. The first kappa shape index (κ1) is 15.6. The maximum absolute atomic E-state index is 12.2. The number of methoxy groups -OCH3 is 2. The number of likely N-dealkylation sites (tertiary alicyclic amines) is 1. The number of ether oxygens (including phenoxy) is 3. The van der Waals surface area contributed by atoms with Gasteiger partial charge in [-0.05, 0) is 37.0 Å². The molecule has 1 heterocycles. The average Bonchev–Trinajstić information content (AvgIpc) is 2.55. The highest BCUT2D eigenvalue weighted by Gasteiger charge is 2.29. The highest BCUT2D eigenvalue weighted by molar-refractivity contribution is 5.68. The normalized spacial score (nSPS) is 18.4. The Labute approximate surface area is 125 Å². The Hall–Kier alpha value is -1.75. The third-order valence-electron chi connectivity index (χ3n) is 3.73. The summed E-state index contributed by atoms with van der Waals surface area (Å²) in [6.45, 7) is 1.44. The minimum Gasteiger partial charge on any atom is -0.497 e. The van der Waals surface area contributed by atoms with Gasteiger partial charge in [-0.1, -0.05) is 12.1 Å². The minimum absolute atomic E-state index is 0.0592. The van der Waals surface area contributed by atoms with Crippen LogP contribution in [-0.4, -0.2) is 45.0 Å². The maximum atomic E-state index is 12.2. The first-order valence-electron chi connectivity index (χ1n) is 7.32. The van der Waals surface area contributed by atoms with Gasteiger partial charge in [-0.25, -0.2) is 4.79 Å². The average molecular weight is 293 g/mol. The molecule has 1 atom stereocenters. The number of hydrogen-bond acceptors (Lipinski definition) is 4. The van der Waals surface area contributed by atoms with E-state index in [4.69, 9.17) is 14.2 Å².